The average Bonchev–Trinajstić information content (AvgIpc) is 2.66. The third-order valence-electron chi connectivity index (χ3n) is 5.03. The summed E-state index contributed by atoms with van der Waals surface area (Å²) in [6.07, 6.45) is 0.426. The van der Waals surface area contributed by atoms with Crippen molar-refractivity contribution in [2.45, 2.75) is 26.4 Å². The second-order valence-corrected chi connectivity index (χ2v) is 7.32. The Morgan fingerprint density at radius 3 is 2.19 bits per heavy atom. The van der Waals surface area contributed by atoms with E-state index in [0.717, 1.165) is 5.56 Å². The average molecular weight is 350 g/mol. The number of amides is 2. The Kier molecular flexibility index (Phi) is 5.40. The summed E-state index contributed by atoms with van der Waals surface area (Å²) < 4.78 is 0. The minimum absolute atomic E-state index is 0.0123. The molecule has 2 aromatic rings. The van der Waals surface area contributed by atoms with Crippen LogP contribution in [-0.4, -0.2) is 41.4 Å². The zero-order chi connectivity index (χ0) is 18.7. The van der Waals surface area contributed by atoms with Gasteiger partial charge in [-0.15, -0.1) is 0 Å². The normalized spacial score (nSPS) is 20.5. The molecule has 0 spiro atoms. The Bertz CT molecular complexity index is 758. The van der Waals surface area contributed by atoms with Crippen molar-refractivity contribution >= 4 is 11.8 Å². The van der Waals surface area contributed by atoms with Crippen LogP contribution in [0.1, 0.15) is 29.8 Å². The van der Waals surface area contributed by atoms with Crippen LogP contribution in [0.2, 0.25) is 0 Å². The fourth-order valence-electron chi connectivity index (χ4n) is 3.86. The molecule has 2 aromatic carbocycles. The van der Waals surface area contributed by atoms with E-state index in [4.69, 9.17) is 0 Å². The molecule has 2 atom stereocenters. The highest BCUT2D eigenvalue weighted by Gasteiger charge is 2.41. The van der Waals surface area contributed by atoms with Crippen LogP contribution in [0, 0.1) is 11.8 Å². The highest BCUT2D eigenvalue weighted by Crippen LogP contribution is 2.27. The van der Waals surface area contributed by atoms with Gasteiger partial charge in [0.1, 0.15) is 6.17 Å². The maximum Gasteiger partial charge on any atom is 0.255 e. The van der Waals surface area contributed by atoms with Crippen LogP contribution in [0.15, 0.2) is 60.7 Å². The van der Waals surface area contributed by atoms with Gasteiger partial charge in [0.15, 0.2) is 0 Å². The molecule has 1 heterocycles. The van der Waals surface area contributed by atoms with Crippen molar-refractivity contribution in [1.29, 1.82) is 0 Å². The van der Waals surface area contributed by atoms with Gasteiger partial charge in [0.2, 0.25) is 5.91 Å². The molecule has 0 N–H and O–H groups in total. The Balaban J connectivity index is 1.89. The van der Waals surface area contributed by atoms with Gasteiger partial charge in [-0.05, 0) is 30.0 Å². The lowest BCUT2D eigenvalue weighted by atomic mass is 9.92. The van der Waals surface area contributed by atoms with E-state index in [1.807, 2.05) is 72.6 Å². The van der Waals surface area contributed by atoms with Crippen molar-refractivity contribution in [3.05, 3.63) is 71.8 Å². The van der Waals surface area contributed by atoms with Gasteiger partial charge in [-0.3, -0.25) is 9.59 Å². The topological polar surface area (TPSA) is 40.6 Å². The number of rotatable bonds is 4. The molecule has 1 aliphatic rings. The molecular weight excluding hydrogens is 324 g/mol. The van der Waals surface area contributed by atoms with E-state index in [9.17, 15) is 9.59 Å². The van der Waals surface area contributed by atoms with Crippen molar-refractivity contribution in [3.63, 3.8) is 0 Å². The first-order chi connectivity index (χ1) is 12.5. The van der Waals surface area contributed by atoms with Gasteiger partial charge in [-0.25, -0.2) is 0 Å². The van der Waals surface area contributed by atoms with E-state index in [1.165, 1.54) is 0 Å². The molecular formula is C22H26N2O2. The van der Waals surface area contributed by atoms with Crippen molar-refractivity contribution in [1.82, 2.24) is 9.80 Å². The van der Waals surface area contributed by atoms with Crippen molar-refractivity contribution in [2.24, 2.45) is 11.8 Å². The molecule has 3 rings (SSSR count). The van der Waals surface area contributed by atoms with Crippen molar-refractivity contribution in [2.75, 3.05) is 13.6 Å². The standard InChI is InChI=1S/C22H26N2O2/c1-16(2)20-23(3)21(25)19(14-17-10-6-4-7-11-17)15-24(20)22(26)18-12-8-5-9-13-18/h4-13,16,19-20H,14-15H2,1-3H3/t19-,20+/m0/s1. The third kappa shape index (κ3) is 3.64. The molecule has 2 amide bonds. The Hall–Kier alpha value is -2.62. The lowest BCUT2D eigenvalue weighted by Gasteiger charge is -2.47. The van der Waals surface area contributed by atoms with Crippen LogP contribution in [0.5, 0.6) is 0 Å². The smallest absolute Gasteiger partial charge is 0.255 e. The summed E-state index contributed by atoms with van der Waals surface area (Å²) in [6.45, 7) is 4.56. The van der Waals surface area contributed by atoms with Gasteiger partial charge in [-0.2, -0.15) is 0 Å². The van der Waals surface area contributed by atoms with Gasteiger partial charge in [0.25, 0.3) is 5.91 Å². The Labute approximate surface area is 155 Å². The second kappa shape index (κ2) is 7.73. The summed E-state index contributed by atoms with van der Waals surface area (Å²) in [4.78, 5) is 29.7. The predicted molar refractivity (Wildman–Crippen MR) is 103 cm³/mol. The predicted octanol–water partition coefficient (Wildman–Crippen LogP) is 3.44. The van der Waals surface area contributed by atoms with Crippen LogP contribution in [0.4, 0.5) is 0 Å². The van der Waals surface area contributed by atoms with Gasteiger partial charge in [-0.1, -0.05) is 62.4 Å². The molecule has 26 heavy (non-hydrogen) atoms. The molecule has 4 nitrogen and oxygen atoms in total. The fourth-order valence-corrected chi connectivity index (χ4v) is 3.86. The summed E-state index contributed by atoms with van der Waals surface area (Å²) in [5.41, 5.74) is 1.79. The van der Waals surface area contributed by atoms with Crippen molar-refractivity contribution < 1.29 is 9.59 Å². The number of benzene rings is 2. The number of nitrogens with zero attached hydrogens (tertiary/aromatic N) is 2. The minimum atomic E-state index is -0.220. The van der Waals surface area contributed by atoms with E-state index in [-0.39, 0.29) is 29.8 Å². The molecule has 1 saturated heterocycles. The Morgan fingerprint density at radius 2 is 1.62 bits per heavy atom. The van der Waals surface area contributed by atoms with E-state index < -0.39 is 0 Å². The lowest BCUT2D eigenvalue weighted by molar-refractivity contribution is -0.148. The molecule has 1 fully saturated rings. The van der Waals surface area contributed by atoms with Crippen LogP contribution < -0.4 is 0 Å². The van der Waals surface area contributed by atoms with E-state index in [0.29, 0.717) is 18.5 Å². The van der Waals surface area contributed by atoms with Crippen LogP contribution in [0.25, 0.3) is 0 Å². The van der Waals surface area contributed by atoms with E-state index in [1.54, 1.807) is 4.90 Å². The maximum absolute atomic E-state index is 13.2. The maximum atomic E-state index is 13.2. The van der Waals surface area contributed by atoms with Crippen LogP contribution in [0.3, 0.4) is 0 Å². The van der Waals surface area contributed by atoms with Crippen molar-refractivity contribution in [3.8, 4) is 0 Å². The van der Waals surface area contributed by atoms with Gasteiger partial charge in [0.05, 0.1) is 5.92 Å². The zero-order valence-corrected chi connectivity index (χ0v) is 15.6. The van der Waals surface area contributed by atoms with Crippen LogP contribution in [-0.2, 0) is 11.2 Å². The molecule has 136 valence electrons. The first kappa shape index (κ1) is 18.2. The number of hydrogen-bond acceptors (Lipinski definition) is 2. The van der Waals surface area contributed by atoms with E-state index >= 15 is 0 Å². The lowest BCUT2D eigenvalue weighted by Crippen LogP contribution is -2.62. The molecule has 0 unspecified atom stereocenters. The first-order valence-corrected chi connectivity index (χ1v) is 9.15. The fraction of sp³-hybridized carbons (Fsp3) is 0.364. The third-order valence-corrected chi connectivity index (χ3v) is 5.03. The summed E-state index contributed by atoms with van der Waals surface area (Å²) in [7, 11) is 1.81. The molecule has 0 bridgehead atoms. The summed E-state index contributed by atoms with van der Waals surface area (Å²) in [5, 5.41) is 0. The molecule has 0 radical (unpaired) electrons. The summed E-state index contributed by atoms with van der Waals surface area (Å²) >= 11 is 0. The quantitative estimate of drug-likeness (QED) is 0.847. The van der Waals surface area contributed by atoms with E-state index in [2.05, 4.69) is 13.8 Å². The molecule has 0 aromatic heterocycles. The molecule has 1 aliphatic heterocycles. The largest absolute Gasteiger partial charge is 0.325 e. The zero-order valence-electron chi connectivity index (χ0n) is 15.6. The first-order valence-electron chi connectivity index (χ1n) is 9.15. The van der Waals surface area contributed by atoms with Crippen LogP contribution >= 0.6 is 0 Å². The van der Waals surface area contributed by atoms with Gasteiger partial charge in [0, 0.05) is 19.2 Å². The number of carbonyl (C=O) groups excluding carboxylic acids is 2. The Morgan fingerprint density at radius 1 is 1.04 bits per heavy atom. The summed E-state index contributed by atoms with van der Waals surface area (Å²) in [6, 6.07) is 19.3. The minimum Gasteiger partial charge on any atom is -0.325 e. The molecule has 4 heteroatoms. The molecule has 0 aliphatic carbocycles. The SMILES string of the molecule is CC(C)[C@@H]1N(C)C(=O)[C@@H](Cc2ccccc2)CN1C(=O)c1ccccc1. The monoisotopic (exact) mass is 350 g/mol. The number of carbonyl (C=O) groups is 2. The molecule has 0 saturated carbocycles. The van der Waals surface area contributed by atoms with Gasteiger partial charge < -0.3 is 9.80 Å². The van der Waals surface area contributed by atoms with Gasteiger partial charge >= 0.3 is 0 Å². The highest BCUT2D eigenvalue weighted by atomic mass is 16.2. The second-order valence-electron chi connectivity index (χ2n) is 7.32. The number of hydrogen-bond donors (Lipinski definition) is 0. The summed E-state index contributed by atoms with van der Waals surface area (Å²) in [5.74, 6) is 0.0470. The highest BCUT2D eigenvalue weighted by molar-refractivity contribution is 5.95.